The number of nitrogens with zero attached hydrogens (tertiary/aromatic N) is 2. The summed E-state index contributed by atoms with van der Waals surface area (Å²) in [5.41, 5.74) is 4.01. The molecule has 0 amide bonds. The summed E-state index contributed by atoms with van der Waals surface area (Å²) in [7, 11) is 0. The molecule has 2 atom stereocenters. The molecule has 0 radical (unpaired) electrons. The molecule has 1 aliphatic heterocycles. The number of rotatable bonds is 16. The zero-order chi connectivity index (χ0) is 28.3. The Labute approximate surface area is 240 Å². The van der Waals surface area contributed by atoms with Gasteiger partial charge in [0.1, 0.15) is 12.8 Å². The summed E-state index contributed by atoms with van der Waals surface area (Å²) in [6.45, 7) is 2.56. The monoisotopic (exact) mass is 561 g/mol. The van der Waals surface area contributed by atoms with E-state index in [1.807, 2.05) is 72.8 Å². The molecule has 4 aromatic rings. The predicted molar refractivity (Wildman–Crippen MR) is 157 cm³/mol. The second-order valence-electron chi connectivity index (χ2n) is 10.1. The molecule has 3 N–H and O–H groups in total. The fourth-order valence-electron chi connectivity index (χ4n) is 4.92. The van der Waals surface area contributed by atoms with Crippen LogP contribution in [0, 0.1) is 0 Å². The fraction of sp³-hybridized carbons (Fsp3) is 0.406. The normalized spacial score (nSPS) is 16.7. The van der Waals surface area contributed by atoms with Gasteiger partial charge in [0.05, 0.1) is 43.6 Å². The number of fused-ring (bicyclic) bond motifs is 1. The molecule has 0 aliphatic carbocycles. The van der Waals surface area contributed by atoms with Crippen LogP contribution in [0.4, 0.5) is 5.95 Å². The summed E-state index contributed by atoms with van der Waals surface area (Å²) >= 11 is 0. The van der Waals surface area contributed by atoms with Gasteiger partial charge in [0.25, 0.3) is 0 Å². The molecule has 41 heavy (non-hydrogen) atoms. The Morgan fingerprint density at radius 2 is 1.68 bits per heavy atom. The SMILES string of the molecule is OCCCCOc1cc(CNc2nc3ccccc3n2[C@H]2CC[C@@H](CO)O2)ccc1OCCOCc1ccccc1. The minimum Gasteiger partial charge on any atom is -0.490 e. The van der Waals surface area contributed by atoms with Gasteiger partial charge in [0, 0.05) is 13.2 Å². The van der Waals surface area contributed by atoms with Crippen LogP contribution in [0.15, 0.2) is 72.8 Å². The van der Waals surface area contributed by atoms with E-state index in [9.17, 15) is 5.11 Å². The van der Waals surface area contributed by atoms with Crippen LogP contribution in [0.3, 0.4) is 0 Å². The highest BCUT2D eigenvalue weighted by Crippen LogP contribution is 2.35. The molecule has 1 saturated heterocycles. The van der Waals surface area contributed by atoms with Crippen LogP contribution in [0.25, 0.3) is 11.0 Å². The molecule has 5 rings (SSSR count). The number of ether oxygens (including phenoxy) is 4. The van der Waals surface area contributed by atoms with Gasteiger partial charge in [-0.25, -0.2) is 4.98 Å². The Hall–Kier alpha value is -3.63. The van der Waals surface area contributed by atoms with Gasteiger partial charge in [0.2, 0.25) is 5.95 Å². The van der Waals surface area contributed by atoms with E-state index in [1.165, 1.54) is 0 Å². The number of benzene rings is 3. The molecule has 3 aromatic carbocycles. The van der Waals surface area contributed by atoms with Gasteiger partial charge in [-0.3, -0.25) is 4.57 Å². The Bertz CT molecular complexity index is 1360. The number of imidazole rings is 1. The van der Waals surface area contributed by atoms with Crippen molar-refractivity contribution in [3.05, 3.63) is 83.9 Å². The van der Waals surface area contributed by atoms with Crippen molar-refractivity contribution in [1.29, 1.82) is 0 Å². The van der Waals surface area contributed by atoms with Crippen molar-refractivity contribution in [3.63, 3.8) is 0 Å². The van der Waals surface area contributed by atoms with E-state index >= 15 is 0 Å². The van der Waals surface area contributed by atoms with Crippen molar-refractivity contribution in [1.82, 2.24) is 9.55 Å². The van der Waals surface area contributed by atoms with Crippen LogP contribution >= 0.6 is 0 Å². The van der Waals surface area contributed by atoms with Gasteiger partial charge in [-0.1, -0.05) is 48.5 Å². The highest BCUT2D eigenvalue weighted by atomic mass is 16.5. The highest BCUT2D eigenvalue weighted by Gasteiger charge is 2.29. The first-order valence-electron chi connectivity index (χ1n) is 14.3. The Morgan fingerprint density at radius 3 is 2.51 bits per heavy atom. The van der Waals surface area contributed by atoms with E-state index < -0.39 is 0 Å². The fourth-order valence-corrected chi connectivity index (χ4v) is 4.92. The maximum Gasteiger partial charge on any atom is 0.206 e. The topological polar surface area (TPSA) is 107 Å². The number of nitrogens with one attached hydrogen (secondary N) is 1. The molecule has 0 unspecified atom stereocenters. The Balaban J connectivity index is 1.24. The average Bonchev–Trinajstić information content (AvgIpc) is 3.63. The molecule has 1 aromatic heterocycles. The summed E-state index contributed by atoms with van der Waals surface area (Å²) < 4.78 is 26.0. The number of unbranched alkanes of at least 4 members (excludes halogenated alkanes) is 1. The maximum atomic E-state index is 9.58. The van der Waals surface area contributed by atoms with Crippen molar-refractivity contribution < 1.29 is 29.2 Å². The summed E-state index contributed by atoms with van der Waals surface area (Å²) in [5, 5.41) is 22.2. The first kappa shape index (κ1) is 28.9. The Kier molecular flexibility index (Phi) is 10.5. The standard InChI is InChI=1S/C32H39N3O6/c36-16-6-7-17-39-30-20-25(12-14-29(30)40-19-18-38-23-24-8-2-1-3-9-24)21-33-32-34-27-10-4-5-11-28(27)35(32)31-15-13-26(22-37)41-31/h1-5,8-12,14,20,26,31,36-37H,6-7,13,15-19,21-23H2,(H,33,34)/t26-,31+/m0/s1. The lowest BCUT2D eigenvalue weighted by molar-refractivity contribution is -0.0195. The molecule has 1 fully saturated rings. The molecule has 0 bridgehead atoms. The van der Waals surface area contributed by atoms with Gasteiger partial charge >= 0.3 is 0 Å². The minimum atomic E-state index is -0.188. The number of hydrogen-bond acceptors (Lipinski definition) is 8. The van der Waals surface area contributed by atoms with Crippen LogP contribution in [-0.2, 0) is 22.6 Å². The number of aromatic nitrogens is 2. The zero-order valence-electron chi connectivity index (χ0n) is 23.3. The second-order valence-corrected chi connectivity index (χ2v) is 10.1. The van der Waals surface area contributed by atoms with Gasteiger partial charge in [-0.2, -0.15) is 0 Å². The van der Waals surface area contributed by atoms with Crippen molar-refractivity contribution in [3.8, 4) is 11.5 Å². The zero-order valence-corrected chi connectivity index (χ0v) is 23.3. The summed E-state index contributed by atoms with van der Waals surface area (Å²) in [5.74, 6) is 2.03. The van der Waals surface area contributed by atoms with E-state index in [4.69, 9.17) is 29.0 Å². The van der Waals surface area contributed by atoms with E-state index in [-0.39, 0.29) is 25.5 Å². The van der Waals surface area contributed by atoms with Crippen LogP contribution in [0.5, 0.6) is 11.5 Å². The molecule has 2 heterocycles. The maximum absolute atomic E-state index is 9.58. The third-order valence-corrected chi connectivity index (χ3v) is 7.04. The lowest BCUT2D eigenvalue weighted by Crippen LogP contribution is -2.16. The highest BCUT2D eigenvalue weighted by molar-refractivity contribution is 5.78. The molecule has 0 saturated carbocycles. The lowest BCUT2D eigenvalue weighted by Gasteiger charge is -2.18. The van der Waals surface area contributed by atoms with E-state index in [0.29, 0.717) is 50.9 Å². The first-order valence-corrected chi connectivity index (χ1v) is 14.3. The number of para-hydroxylation sites is 2. The van der Waals surface area contributed by atoms with Crippen LogP contribution < -0.4 is 14.8 Å². The van der Waals surface area contributed by atoms with Crippen molar-refractivity contribution in [2.75, 3.05) is 38.4 Å². The second kappa shape index (κ2) is 14.8. The Morgan fingerprint density at radius 1 is 0.854 bits per heavy atom. The number of hydrogen-bond donors (Lipinski definition) is 3. The quantitative estimate of drug-likeness (QED) is 0.163. The third-order valence-electron chi connectivity index (χ3n) is 7.04. The summed E-state index contributed by atoms with van der Waals surface area (Å²) in [4.78, 5) is 4.83. The molecule has 9 heteroatoms. The first-order chi connectivity index (χ1) is 20.2. The van der Waals surface area contributed by atoms with E-state index in [2.05, 4.69) is 9.88 Å². The van der Waals surface area contributed by atoms with E-state index in [1.54, 1.807) is 0 Å². The van der Waals surface area contributed by atoms with Crippen LogP contribution in [-0.4, -0.2) is 58.9 Å². The number of aliphatic hydroxyl groups excluding tert-OH is 2. The minimum absolute atomic E-state index is 0.0144. The lowest BCUT2D eigenvalue weighted by atomic mass is 10.2. The van der Waals surface area contributed by atoms with Crippen LogP contribution in [0.1, 0.15) is 43.0 Å². The van der Waals surface area contributed by atoms with Crippen LogP contribution in [0.2, 0.25) is 0 Å². The molecule has 9 nitrogen and oxygen atoms in total. The van der Waals surface area contributed by atoms with Crippen molar-refractivity contribution in [2.45, 2.75) is 51.2 Å². The molecular formula is C32H39N3O6. The number of anilines is 1. The molecule has 218 valence electrons. The summed E-state index contributed by atoms with van der Waals surface area (Å²) in [6, 6.07) is 24.0. The third kappa shape index (κ3) is 7.77. The van der Waals surface area contributed by atoms with Crippen molar-refractivity contribution in [2.24, 2.45) is 0 Å². The average molecular weight is 562 g/mol. The van der Waals surface area contributed by atoms with Gasteiger partial charge in [-0.05, 0) is 61.1 Å². The number of aliphatic hydroxyl groups is 2. The largest absolute Gasteiger partial charge is 0.490 e. The van der Waals surface area contributed by atoms with E-state index in [0.717, 1.165) is 47.4 Å². The molecule has 0 spiro atoms. The predicted octanol–water partition coefficient (Wildman–Crippen LogP) is 5.07. The summed E-state index contributed by atoms with van der Waals surface area (Å²) in [6.07, 6.45) is 2.71. The smallest absolute Gasteiger partial charge is 0.206 e. The van der Waals surface area contributed by atoms with Gasteiger partial charge in [-0.15, -0.1) is 0 Å². The van der Waals surface area contributed by atoms with Gasteiger partial charge in [0.15, 0.2) is 11.5 Å². The van der Waals surface area contributed by atoms with Gasteiger partial charge < -0.3 is 34.5 Å². The van der Waals surface area contributed by atoms with Crippen molar-refractivity contribution >= 4 is 17.0 Å². The molecule has 1 aliphatic rings. The molecular weight excluding hydrogens is 522 g/mol.